The summed E-state index contributed by atoms with van der Waals surface area (Å²) in [7, 11) is 0. The van der Waals surface area contributed by atoms with Crippen LogP contribution in [0.2, 0.25) is 0 Å². The first-order chi connectivity index (χ1) is 14.5. The Kier molecular flexibility index (Phi) is 5.13. The molecule has 1 amide bonds. The summed E-state index contributed by atoms with van der Waals surface area (Å²) in [6.07, 6.45) is -5.19. The molecule has 1 saturated carbocycles. The second kappa shape index (κ2) is 7.42. The van der Waals surface area contributed by atoms with Crippen LogP contribution in [0.1, 0.15) is 36.0 Å². The lowest BCUT2D eigenvalue weighted by atomic mass is 9.93. The highest BCUT2D eigenvalue weighted by Crippen LogP contribution is 2.49. The zero-order valence-electron chi connectivity index (χ0n) is 16.2. The molecule has 2 heterocycles. The monoisotopic (exact) mass is 443 g/mol. The van der Waals surface area contributed by atoms with Crippen LogP contribution in [0.5, 0.6) is 0 Å². The minimum absolute atomic E-state index is 0.263. The van der Waals surface area contributed by atoms with Crippen LogP contribution in [-0.4, -0.2) is 30.0 Å². The summed E-state index contributed by atoms with van der Waals surface area (Å²) in [5.41, 5.74) is -1.58. The fraction of sp³-hybridized carbons (Fsp3) is 0.429. The van der Waals surface area contributed by atoms with Crippen LogP contribution in [0.15, 0.2) is 42.7 Å². The molecule has 2 aromatic rings. The number of carbonyl (C=O) groups excluding carboxylic acids is 1. The largest absolute Gasteiger partial charge is 0.417 e. The number of alkyl halides is 6. The predicted octanol–water partition coefficient (Wildman–Crippen LogP) is 4.55. The molecular weight excluding hydrogens is 424 g/mol. The summed E-state index contributed by atoms with van der Waals surface area (Å²) in [6, 6.07) is 5.38. The molecule has 1 aliphatic heterocycles. The molecule has 1 aromatic carbocycles. The summed E-state index contributed by atoms with van der Waals surface area (Å²) >= 11 is 0. The van der Waals surface area contributed by atoms with Crippen molar-refractivity contribution in [2.45, 2.75) is 43.1 Å². The molecule has 0 bridgehead atoms. The molecule has 0 spiro atoms. The molecule has 31 heavy (non-hydrogen) atoms. The predicted molar refractivity (Wildman–Crippen MR) is 100 cm³/mol. The molecule has 4 nitrogen and oxygen atoms in total. The summed E-state index contributed by atoms with van der Waals surface area (Å²) in [6.45, 7) is 0.791. The number of rotatable bonds is 4. The Hall–Kier alpha value is -2.78. The number of nitrogens with one attached hydrogen (secondary N) is 1. The molecule has 4 rings (SSSR count). The van der Waals surface area contributed by atoms with Crippen molar-refractivity contribution in [1.29, 1.82) is 0 Å². The number of amides is 1. The summed E-state index contributed by atoms with van der Waals surface area (Å²) in [4.78, 5) is 18.3. The Balaban J connectivity index is 1.41. The first-order valence-electron chi connectivity index (χ1n) is 9.75. The SMILES string of the molecule is O=C(NC1CCN(c2cncc(C(F)(F)F)c2)C1)C1(c2ccc(C(F)(F)F)cc2)CC1. The highest BCUT2D eigenvalue weighted by Gasteiger charge is 2.52. The normalized spacial score (nSPS) is 20.6. The second-order valence-corrected chi connectivity index (χ2v) is 7.99. The number of pyridine rings is 1. The Morgan fingerprint density at radius 1 is 1.00 bits per heavy atom. The van der Waals surface area contributed by atoms with Crippen molar-refractivity contribution in [2.24, 2.45) is 0 Å². The van der Waals surface area contributed by atoms with Crippen LogP contribution < -0.4 is 10.2 Å². The Bertz CT molecular complexity index is 966. The molecule has 166 valence electrons. The molecular formula is C21H19F6N3O. The van der Waals surface area contributed by atoms with E-state index >= 15 is 0 Å². The van der Waals surface area contributed by atoms with Gasteiger partial charge in [0.25, 0.3) is 0 Å². The third-order valence-electron chi connectivity index (χ3n) is 5.89. The zero-order chi connectivity index (χ0) is 22.4. The fourth-order valence-corrected chi connectivity index (χ4v) is 3.94. The van der Waals surface area contributed by atoms with E-state index < -0.39 is 28.9 Å². The minimum Gasteiger partial charge on any atom is -0.368 e. The van der Waals surface area contributed by atoms with Crippen LogP contribution in [0.3, 0.4) is 0 Å². The highest BCUT2D eigenvalue weighted by molar-refractivity contribution is 5.91. The van der Waals surface area contributed by atoms with Crippen molar-refractivity contribution in [3.63, 3.8) is 0 Å². The number of anilines is 1. The average Bonchev–Trinajstić information content (AvgIpc) is 3.40. The maximum Gasteiger partial charge on any atom is 0.417 e. The maximum absolute atomic E-state index is 12.9. The fourth-order valence-electron chi connectivity index (χ4n) is 3.94. The number of halogens is 6. The number of hydrogen-bond donors (Lipinski definition) is 1. The summed E-state index contributed by atoms with van der Waals surface area (Å²) in [5.74, 6) is -0.263. The van der Waals surface area contributed by atoms with Gasteiger partial charge in [0, 0.05) is 25.3 Å². The van der Waals surface area contributed by atoms with Gasteiger partial charge in [0.1, 0.15) is 0 Å². The molecule has 1 N–H and O–H groups in total. The van der Waals surface area contributed by atoms with Crippen LogP contribution in [0.25, 0.3) is 0 Å². The van der Waals surface area contributed by atoms with E-state index in [2.05, 4.69) is 10.3 Å². The molecule has 0 radical (unpaired) electrons. The van der Waals surface area contributed by atoms with E-state index in [0.717, 1.165) is 24.4 Å². The van der Waals surface area contributed by atoms with Gasteiger partial charge in [-0.2, -0.15) is 26.3 Å². The van der Waals surface area contributed by atoms with Gasteiger partial charge in [0.15, 0.2) is 0 Å². The van der Waals surface area contributed by atoms with Crippen molar-refractivity contribution in [3.05, 3.63) is 59.4 Å². The number of hydrogen-bond acceptors (Lipinski definition) is 3. The quantitative estimate of drug-likeness (QED) is 0.706. The van der Waals surface area contributed by atoms with Gasteiger partial charge in [-0.25, -0.2) is 0 Å². The number of benzene rings is 1. The van der Waals surface area contributed by atoms with Gasteiger partial charge < -0.3 is 10.2 Å². The van der Waals surface area contributed by atoms with E-state index in [1.165, 1.54) is 18.3 Å². The van der Waals surface area contributed by atoms with Crippen molar-refractivity contribution in [3.8, 4) is 0 Å². The Morgan fingerprint density at radius 2 is 1.65 bits per heavy atom. The first-order valence-corrected chi connectivity index (χ1v) is 9.75. The third kappa shape index (κ3) is 4.33. The first kappa shape index (κ1) is 21.5. The van der Waals surface area contributed by atoms with E-state index in [0.29, 0.717) is 43.6 Å². The molecule has 1 atom stereocenters. The van der Waals surface area contributed by atoms with E-state index in [4.69, 9.17) is 0 Å². The van der Waals surface area contributed by atoms with Crippen molar-refractivity contribution < 1.29 is 31.1 Å². The smallest absolute Gasteiger partial charge is 0.368 e. The molecule has 2 aliphatic rings. The molecule has 1 saturated heterocycles. The van der Waals surface area contributed by atoms with Gasteiger partial charge in [-0.1, -0.05) is 12.1 Å². The van der Waals surface area contributed by atoms with Crippen molar-refractivity contribution >= 4 is 11.6 Å². The lowest BCUT2D eigenvalue weighted by Gasteiger charge is -2.22. The third-order valence-corrected chi connectivity index (χ3v) is 5.89. The molecule has 1 aliphatic carbocycles. The van der Waals surface area contributed by atoms with E-state index in [1.54, 1.807) is 4.90 Å². The molecule has 2 fully saturated rings. The lowest BCUT2D eigenvalue weighted by molar-refractivity contribution is -0.138. The van der Waals surface area contributed by atoms with Crippen LogP contribution in [0, 0.1) is 0 Å². The van der Waals surface area contributed by atoms with Gasteiger partial charge in [0.05, 0.1) is 28.4 Å². The summed E-state index contributed by atoms with van der Waals surface area (Å²) < 4.78 is 77.1. The maximum atomic E-state index is 12.9. The van der Waals surface area contributed by atoms with E-state index in [-0.39, 0.29) is 11.9 Å². The van der Waals surface area contributed by atoms with Crippen LogP contribution in [-0.2, 0) is 22.6 Å². The standard InChI is InChI=1S/C21H19F6N3O/c22-20(23,24)14-3-1-13(2-4-14)19(6-7-19)18(31)29-16-5-8-30(12-16)17-9-15(10-28-11-17)21(25,26)27/h1-4,9-11,16H,5-8,12H2,(H,29,31). The molecule has 1 aromatic heterocycles. The average molecular weight is 443 g/mol. The van der Waals surface area contributed by atoms with Gasteiger partial charge in [0.2, 0.25) is 5.91 Å². The number of nitrogens with zero attached hydrogens (tertiary/aromatic N) is 2. The van der Waals surface area contributed by atoms with E-state index in [9.17, 15) is 31.1 Å². The van der Waals surface area contributed by atoms with Crippen LogP contribution >= 0.6 is 0 Å². The highest BCUT2D eigenvalue weighted by atomic mass is 19.4. The van der Waals surface area contributed by atoms with E-state index in [1.807, 2.05) is 0 Å². The molecule has 10 heteroatoms. The van der Waals surface area contributed by atoms with Crippen LogP contribution in [0.4, 0.5) is 32.0 Å². The number of aromatic nitrogens is 1. The lowest BCUT2D eigenvalue weighted by Crippen LogP contribution is -2.43. The topological polar surface area (TPSA) is 45.2 Å². The van der Waals surface area contributed by atoms with Gasteiger partial charge in [-0.3, -0.25) is 9.78 Å². The van der Waals surface area contributed by atoms with Gasteiger partial charge >= 0.3 is 12.4 Å². The van der Waals surface area contributed by atoms with Gasteiger partial charge in [-0.05, 0) is 43.0 Å². The molecule has 1 unspecified atom stereocenters. The van der Waals surface area contributed by atoms with Crippen molar-refractivity contribution in [2.75, 3.05) is 18.0 Å². The Morgan fingerprint density at radius 3 is 2.23 bits per heavy atom. The minimum atomic E-state index is -4.49. The number of carbonyl (C=O) groups is 1. The zero-order valence-corrected chi connectivity index (χ0v) is 16.2. The summed E-state index contributed by atoms with van der Waals surface area (Å²) in [5, 5.41) is 2.92. The van der Waals surface area contributed by atoms with Crippen molar-refractivity contribution in [1.82, 2.24) is 10.3 Å². The Labute approximate surface area is 174 Å². The van der Waals surface area contributed by atoms with Gasteiger partial charge in [-0.15, -0.1) is 0 Å². The second-order valence-electron chi connectivity index (χ2n) is 7.99.